The Labute approximate surface area is 217 Å². The molecular formula is C30H48O2S2. The third-order valence-electron chi connectivity index (χ3n) is 10.7. The number of hydrogen-bond donors (Lipinski definition) is 0. The lowest BCUT2D eigenvalue weighted by atomic mass is 9.56. The van der Waals surface area contributed by atoms with Crippen LogP contribution in [0.2, 0.25) is 0 Å². The van der Waals surface area contributed by atoms with Crippen LogP contribution in [-0.2, 0) is 9.53 Å². The molecule has 8 bridgehead atoms. The normalized spacial score (nSPS) is 44.5. The van der Waals surface area contributed by atoms with Crippen LogP contribution < -0.4 is 0 Å². The van der Waals surface area contributed by atoms with Crippen molar-refractivity contribution in [1.29, 1.82) is 0 Å². The zero-order chi connectivity index (χ0) is 23.2. The summed E-state index contributed by atoms with van der Waals surface area (Å²) < 4.78 is 6.45. The van der Waals surface area contributed by atoms with E-state index in [2.05, 4.69) is 23.5 Å². The fourth-order valence-electron chi connectivity index (χ4n) is 10.3. The minimum Gasteiger partial charge on any atom is -0.466 e. The van der Waals surface area contributed by atoms with Gasteiger partial charge in [-0.15, -0.1) is 0 Å². The number of esters is 1. The smallest absolute Gasteiger partial charge is 0.305 e. The minimum atomic E-state index is 0.00478. The number of unbranched alkanes of at least 4 members (excludes halogenated alkanes) is 1. The zero-order valence-electron chi connectivity index (χ0n) is 21.6. The molecule has 34 heavy (non-hydrogen) atoms. The lowest BCUT2D eigenvalue weighted by molar-refractivity contribution is -0.143. The quantitative estimate of drug-likeness (QED) is 0.197. The van der Waals surface area contributed by atoms with Crippen molar-refractivity contribution in [1.82, 2.24) is 0 Å². The maximum absolute atomic E-state index is 11.8. The fraction of sp³-hybridized carbons (Fsp3) is 0.967. The highest BCUT2D eigenvalue weighted by atomic mass is 32.2. The summed E-state index contributed by atoms with van der Waals surface area (Å²) in [4.78, 5) is 11.8. The second-order valence-corrected chi connectivity index (χ2v) is 17.0. The van der Waals surface area contributed by atoms with Gasteiger partial charge in [0, 0.05) is 21.2 Å². The highest BCUT2D eigenvalue weighted by Crippen LogP contribution is 2.63. The molecule has 0 aromatic carbocycles. The van der Waals surface area contributed by atoms with Crippen LogP contribution in [0.1, 0.15) is 116 Å². The third kappa shape index (κ3) is 5.39. The number of hydrogen-bond acceptors (Lipinski definition) is 4. The number of thioether (sulfide) groups is 2. The molecule has 0 aliphatic heterocycles. The Bertz CT molecular complexity index is 663. The first-order valence-electron chi connectivity index (χ1n) is 15.0. The summed E-state index contributed by atoms with van der Waals surface area (Å²) in [7, 11) is 0. The second-order valence-electron chi connectivity index (χ2n) is 13.6. The molecule has 8 fully saturated rings. The predicted octanol–water partition coefficient (Wildman–Crippen LogP) is 8.27. The molecule has 0 radical (unpaired) electrons. The molecule has 0 saturated heterocycles. The van der Waals surface area contributed by atoms with E-state index >= 15 is 0 Å². The highest BCUT2D eigenvalue weighted by molar-refractivity contribution is 8.01. The summed E-state index contributed by atoms with van der Waals surface area (Å²) >= 11 is 4.88. The summed E-state index contributed by atoms with van der Waals surface area (Å²) in [5.41, 5.74) is 0. The fourth-order valence-corrected chi connectivity index (χ4v) is 14.5. The van der Waals surface area contributed by atoms with Gasteiger partial charge in [0.05, 0.1) is 6.61 Å². The molecule has 8 aliphatic rings. The van der Waals surface area contributed by atoms with Crippen molar-refractivity contribution in [3.63, 3.8) is 0 Å². The van der Waals surface area contributed by atoms with Crippen LogP contribution in [0.25, 0.3) is 0 Å². The van der Waals surface area contributed by atoms with Crippen LogP contribution in [0.15, 0.2) is 0 Å². The molecular weight excluding hydrogens is 456 g/mol. The van der Waals surface area contributed by atoms with Crippen molar-refractivity contribution < 1.29 is 9.53 Å². The topological polar surface area (TPSA) is 26.3 Å². The van der Waals surface area contributed by atoms with Gasteiger partial charge < -0.3 is 4.74 Å². The van der Waals surface area contributed by atoms with Crippen molar-refractivity contribution in [2.75, 3.05) is 12.4 Å². The van der Waals surface area contributed by atoms with E-state index < -0.39 is 0 Å². The Kier molecular flexibility index (Phi) is 7.31. The van der Waals surface area contributed by atoms with Gasteiger partial charge in [0.1, 0.15) is 0 Å². The molecule has 1 atom stereocenters. The van der Waals surface area contributed by atoms with Crippen LogP contribution >= 0.6 is 23.5 Å². The van der Waals surface area contributed by atoms with Crippen LogP contribution in [0.5, 0.6) is 0 Å². The molecule has 8 rings (SSSR count). The van der Waals surface area contributed by atoms with Crippen LogP contribution in [-0.4, -0.2) is 33.1 Å². The summed E-state index contributed by atoms with van der Waals surface area (Å²) in [5, 5.41) is 0.805. The van der Waals surface area contributed by atoms with Gasteiger partial charge in [-0.05, 0) is 144 Å². The Balaban J connectivity index is 1.05. The molecule has 0 amide bonds. The molecule has 2 nitrogen and oxygen atoms in total. The average molecular weight is 505 g/mol. The Morgan fingerprint density at radius 2 is 1.26 bits per heavy atom. The largest absolute Gasteiger partial charge is 0.466 e. The summed E-state index contributed by atoms with van der Waals surface area (Å²) in [5.74, 6) is 7.73. The molecule has 192 valence electrons. The Hall–Kier alpha value is 0.170. The van der Waals surface area contributed by atoms with Crippen molar-refractivity contribution in [2.24, 2.45) is 35.5 Å². The second kappa shape index (κ2) is 10.1. The molecule has 4 heteroatoms. The molecule has 0 N–H and O–H groups in total. The van der Waals surface area contributed by atoms with Gasteiger partial charge in [-0.1, -0.05) is 6.42 Å². The van der Waals surface area contributed by atoms with E-state index in [0.717, 1.165) is 47.2 Å². The predicted molar refractivity (Wildman–Crippen MR) is 145 cm³/mol. The Morgan fingerprint density at radius 3 is 1.76 bits per heavy atom. The van der Waals surface area contributed by atoms with Crippen LogP contribution in [0.3, 0.4) is 0 Å². The van der Waals surface area contributed by atoms with Gasteiger partial charge in [-0.2, -0.15) is 23.5 Å². The lowest BCUT2D eigenvalue weighted by Gasteiger charge is -2.57. The first-order chi connectivity index (χ1) is 16.5. The molecule has 8 saturated carbocycles. The Morgan fingerprint density at radius 1 is 0.765 bits per heavy atom. The highest BCUT2D eigenvalue weighted by Gasteiger charge is 2.53. The van der Waals surface area contributed by atoms with E-state index in [4.69, 9.17) is 4.74 Å². The maximum atomic E-state index is 11.8. The molecule has 0 spiro atoms. The first-order valence-corrected chi connectivity index (χ1v) is 16.8. The summed E-state index contributed by atoms with van der Waals surface area (Å²) in [6.45, 7) is 2.43. The van der Waals surface area contributed by atoms with E-state index in [1.165, 1.54) is 63.5 Å². The SMILES string of the molecule is CCOC(=O)CCCCC(CCSC12CC3CC(CC(C3)C1)C2)SC12CC3CC(CC(C3)C1)C2. The first kappa shape index (κ1) is 24.5. The van der Waals surface area contributed by atoms with E-state index in [-0.39, 0.29) is 5.97 Å². The van der Waals surface area contributed by atoms with Crippen molar-refractivity contribution in [3.8, 4) is 0 Å². The number of rotatable bonds is 12. The van der Waals surface area contributed by atoms with Gasteiger partial charge in [0.2, 0.25) is 0 Å². The third-order valence-corrected chi connectivity index (χ3v) is 14.0. The lowest BCUT2D eigenvalue weighted by Crippen LogP contribution is -2.49. The van der Waals surface area contributed by atoms with Gasteiger partial charge in [0.25, 0.3) is 0 Å². The summed E-state index contributed by atoms with van der Waals surface area (Å²) in [6, 6.07) is 0. The molecule has 0 heterocycles. The van der Waals surface area contributed by atoms with E-state index in [9.17, 15) is 4.79 Å². The van der Waals surface area contributed by atoms with Gasteiger partial charge in [0.15, 0.2) is 0 Å². The van der Waals surface area contributed by atoms with Crippen molar-refractivity contribution in [2.45, 2.75) is 131 Å². The molecule has 8 aliphatic carbocycles. The van der Waals surface area contributed by atoms with Gasteiger partial charge in [-0.3, -0.25) is 4.79 Å². The van der Waals surface area contributed by atoms with E-state index in [1.54, 1.807) is 38.5 Å². The molecule has 1 unspecified atom stereocenters. The van der Waals surface area contributed by atoms with Crippen LogP contribution in [0.4, 0.5) is 0 Å². The van der Waals surface area contributed by atoms with Crippen molar-refractivity contribution >= 4 is 29.5 Å². The van der Waals surface area contributed by atoms with E-state index in [0.29, 0.717) is 22.5 Å². The van der Waals surface area contributed by atoms with Gasteiger partial charge in [-0.25, -0.2) is 0 Å². The molecule has 0 aromatic rings. The molecule has 0 aromatic heterocycles. The van der Waals surface area contributed by atoms with Crippen molar-refractivity contribution in [3.05, 3.63) is 0 Å². The zero-order valence-corrected chi connectivity index (χ0v) is 23.2. The standard InChI is InChI=1S/C30H48O2S2/c1-2-32-28(31)6-4-3-5-27(34-30-18-24-12-25(19-30)14-26(13-24)20-30)7-8-33-29-15-21-9-22(16-29)11-23(10-21)17-29/h21-27H,2-20H2,1H3. The average Bonchev–Trinajstić information content (AvgIpc) is 2.74. The number of carbonyl (C=O) groups excluding carboxylic acids is 1. The van der Waals surface area contributed by atoms with Crippen LogP contribution in [0, 0.1) is 35.5 Å². The monoisotopic (exact) mass is 504 g/mol. The maximum Gasteiger partial charge on any atom is 0.305 e. The summed E-state index contributed by atoms with van der Waals surface area (Å²) in [6.07, 6.45) is 24.0. The number of ether oxygens (including phenoxy) is 1. The number of carbonyl (C=O) groups is 1. The van der Waals surface area contributed by atoms with E-state index in [1.807, 2.05) is 6.92 Å². The minimum absolute atomic E-state index is 0.00478. The van der Waals surface area contributed by atoms with Gasteiger partial charge >= 0.3 is 5.97 Å².